The second-order valence-corrected chi connectivity index (χ2v) is 8.28. The summed E-state index contributed by atoms with van der Waals surface area (Å²) in [5, 5.41) is 3.01. The summed E-state index contributed by atoms with van der Waals surface area (Å²) in [6.07, 6.45) is 1.60. The van der Waals surface area contributed by atoms with E-state index in [-0.39, 0.29) is 17.9 Å². The molecule has 0 aliphatic rings. The van der Waals surface area contributed by atoms with Crippen LogP contribution in [0.2, 0.25) is 0 Å². The number of nitrogens with zero attached hydrogens (tertiary/aromatic N) is 1. The second kappa shape index (κ2) is 12.3. The zero-order valence-corrected chi connectivity index (χ0v) is 18.5. The van der Waals surface area contributed by atoms with Gasteiger partial charge in [0.2, 0.25) is 11.8 Å². The minimum atomic E-state index is -0.488. The Balaban J connectivity index is 1.99. The predicted octanol–water partition coefficient (Wildman–Crippen LogP) is 4.29. The quantitative estimate of drug-likeness (QED) is 0.599. The molecule has 0 saturated carbocycles. The number of thioether (sulfide) groups is 1. The number of nitrogens with one attached hydrogen (secondary N) is 1. The molecule has 2 amide bonds. The van der Waals surface area contributed by atoms with Crippen LogP contribution in [-0.2, 0) is 21.8 Å². The molecule has 0 aliphatic heterocycles. The van der Waals surface area contributed by atoms with Crippen molar-refractivity contribution in [2.24, 2.45) is 0 Å². The highest BCUT2D eigenvalue weighted by molar-refractivity contribution is 7.99. The lowest BCUT2D eigenvalue weighted by Gasteiger charge is -2.29. The van der Waals surface area contributed by atoms with E-state index < -0.39 is 6.04 Å². The molecule has 0 bridgehead atoms. The molecule has 2 rings (SSSR count). The van der Waals surface area contributed by atoms with Gasteiger partial charge < -0.3 is 10.2 Å². The SMILES string of the molecule is CC[C@H](C)NC(=O)[C@@H](C)N(CCc1ccccc1)C(=O)CSCc1ccccc1. The minimum absolute atomic E-state index is 0.00802. The Bertz CT molecular complexity index is 752. The summed E-state index contributed by atoms with van der Waals surface area (Å²) in [5.74, 6) is 1.07. The van der Waals surface area contributed by atoms with Gasteiger partial charge in [-0.1, -0.05) is 67.6 Å². The number of carbonyl (C=O) groups is 2. The van der Waals surface area contributed by atoms with Gasteiger partial charge in [-0.2, -0.15) is 0 Å². The van der Waals surface area contributed by atoms with Crippen LogP contribution in [0.4, 0.5) is 0 Å². The van der Waals surface area contributed by atoms with E-state index in [4.69, 9.17) is 0 Å². The molecule has 0 aromatic heterocycles. The Morgan fingerprint density at radius 3 is 2.14 bits per heavy atom. The molecule has 2 aromatic rings. The van der Waals surface area contributed by atoms with Gasteiger partial charge in [-0.25, -0.2) is 0 Å². The summed E-state index contributed by atoms with van der Waals surface area (Å²) >= 11 is 1.59. The fourth-order valence-corrected chi connectivity index (χ4v) is 3.82. The van der Waals surface area contributed by atoms with Gasteiger partial charge in [0.1, 0.15) is 6.04 Å². The smallest absolute Gasteiger partial charge is 0.242 e. The molecule has 0 radical (unpaired) electrons. The Kier molecular flexibility index (Phi) is 9.78. The molecular formula is C24H32N2O2S. The molecule has 0 aliphatic carbocycles. The van der Waals surface area contributed by atoms with Crippen molar-refractivity contribution in [3.63, 3.8) is 0 Å². The van der Waals surface area contributed by atoms with Crippen molar-refractivity contribution in [1.82, 2.24) is 10.2 Å². The lowest BCUT2D eigenvalue weighted by molar-refractivity contribution is -0.138. The molecular weight excluding hydrogens is 380 g/mol. The predicted molar refractivity (Wildman–Crippen MR) is 122 cm³/mol. The van der Waals surface area contributed by atoms with Gasteiger partial charge in [-0.05, 0) is 37.8 Å². The van der Waals surface area contributed by atoms with Crippen LogP contribution < -0.4 is 5.32 Å². The van der Waals surface area contributed by atoms with E-state index in [9.17, 15) is 9.59 Å². The average molecular weight is 413 g/mol. The normalized spacial score (nSPS) is 12.8. The van der Waals surface area contributed by atoms with Gasteiger partial charge >= 0.3 is 0 Å². The van der Waals surface area contributed by atoms with Crippen molar-refractivity contribution < 1.29 is 9.59 Å². The van der Waals surface area contributed by atoms with Crippen LogP contribution in [-0.4, -0.2) is 41.1 Å². The first-order valence-corrected chi connectivity index (χ1v) is 11.4. The van der Waals surface area contributed by atoms with Crippen LogP contribution in [0, 0.1) is 0 Å². The van der Waals surface area contributed by atoms with Crippen LogP contribution in [0.25, 0.3) is 0 Å². The zero-order chi connectivity index (χ0) is 21.1. The second-order valence-electron chi connectivity index (χ2n) is 7.29. The van der Waals surface area contributed by atoms with Crippen molar-refractivity contribution in [3.05, 3.63) is 71.8 Å². The van der Waals surface area contributed by atoms with Crippen molar-refractivity contribution in [1.29, 1.82) is 0 Å². The first-order chi connectivity index (χ1) is 14.0. The van der Waals surface area contributed by atoms with Crippen LogP contribution in [0.1, 0.15) is 38.3 Å². The average Bonchev–Trinajstić information content (AvgIpc) is 2.75. The highest BCUT2D eigenvalue weighted by Gasteiger charge is 2.26. The van der Waals surface area contributed by atoms with Gasteiger partial charge in [-0.15, -0.1) is 11.8 Å². The molecule has 156 valence electrons. The van der Waals surface area contributed by atoms with Crippen LogP contribution in [0.15, 0.2) is 60.7 Å². The van der Waals surface area contributed by atoms with E-state index in [0.29, 0.717) is 12.3 Å². The lowest BCUT2D eigenvalue weighted by atomic mass is 10.1. The van der Waals surface area contributed by atoms with Crippen molar-refractivity contribution in [3.8, 4) is 0 Å². The molecule has 4 nitrogen and oxygen atoms in total. The zero-order valence-electron chi connectivity index (χ0n) is 17.6. The summed E-state index contributed by atoms with van der Waals surface area (Å²) in [7, 11) is 0. The number of hydrogen-bond donors (Lipinski definition) is 1. The van der Waals surface area contributed by atoms with Crippen LogP contribution in [0.3, 0.4) is 0 Å². The molecule has 0 fully saturated rings. The van der Waals surface area contributed by atoms with Gasteiger partial charge in [0, 0.05) is 18.3 Å². The summed E-state index contributed by atoms with van der Waals surface area (Å²) in [5.41, 5.74) is 2.36. The Morgan fingerprint density at radius 1 is 0.966 bits per heavy atom. The van der Waals surface area contributed by atoms with Gasteiger partial charge in [0.05, 0.1) is 5.75 Å². The number of hydrogen-bond acceptors (Lipinski definition) is 3. The highest BCUT2D eigenvalue weighted by atomic mass is 32.2. The van der Waals surface area contributed by atoms with E-state index in [1.165, 1.54) is 5.56 Å². The van der Waals surface area contributed by atoms with E-state index in [2.05, 4.69) is 29.6 Å². The van der Waals surface area contributed by atoms with Crippen molar-refractivity contribution in [2.45, 2.75) is 51.4 Å². The number of rotatable bonds is 11. The van der Waals surface area contributed by atoms with Gasteiger partial charge in [0.15, 0.2) is 0 Å². The van der Waals surface area contributed by atoms with Gasteiger partial charge in [-0.3, -0.25) is 9.59 Å². The molecule has 29 heavy (non-hydrogen) atoms. The topological polar surface area (TPSA) is 49.4 Å². The summed E-state index contributed by atoms with van der Waals surface area (Å²) < 4.78 is 0. The van der Waals surface area contributed by atoms with Crippen molar-refractivity contribution >= 4 is 23.6 Å². The third-order valence-corrected chi connectivity index (χ3v) is 5.98. The van der Waals surface area contributed by atoms with Crippen LogP contribution >= 0.6 is 11.8 Å². The maximum Gasteiger partial charge on any atom is 0.242 e. The Morgan fingerprint density at radius 2 is 1.55 bits per heavy atom. The molecule has 2 atom stereocenters. The molecule has 0 saturated heterocycles. The van der Waals surface area contributed by atoms with Gasteiger partial charge in [0.25, 0.3) is 0 Å². The maximum absolute atomic E-state index is 13.0. The Labute approximate surface area is 179 Å². The number of benzene rings is 2. The fourth-order valence-electron chi connectivity index (χ4n) is 2.95. The molecule has 2 aromatic carbocycles. The number of carbonyl (C=O) groups excluding carboxylic acids is 2. The van der Waals surface area contributed by atoms with E-state index in [0.717, 1.165) is 24.2 Å². The number of amides is 2. The third kappa shape index (κ3) is 7.94. The van der Waals surface area contributed by atoms with Crippen molar-refractivity contribution in [2.75, 3.05) is 12.3 Å². The highest BCUT2D eigenvalue weighted by Crippen LogP contribution is 2.14. The minimum Gasteiger partial charge on any atom is -0.352 e. The third-order valence-electron chi connectivity index (χ3n) is 4.99. The molecule has 1 N–H and O–H groups in total. The lowest BCUT2D eigenvalue weighted by Crippen LogP contribution is -2.51. The summed E-state index contributed by atoms with van der Waals surface area (Å²) in [6, 6.07) is 19.8. The van der Waals surface area contributed by atoms with Crippen LogP contribution in [0.5, 0.6) is 0 Å². The monoisotopic (exact) mass is 412 g/mol. The molecule has 5 heteroatoms. The van der Waals surface area contributed by atoms with E-state index >= 15 is 0 Å². The Hall–Kier alpha value is -2.27. The summed E-state index contributed by atoms with van der Waals surface area (Å²) in [4.78, 5) is 27.4. The molecule has 0 spiro atoms. The largest absolute Gasteiger partial charge is 0.352 e. The van der Waals surface area contributed by atoms with E-state index in [1.54, 1.807) is 16.7 Å². The fraction of sp³-hybridized carbons (Fsp3) is 0.417. The molecule has 0 heterocycles. The molecule has 0 unspecified atom stereocenters. The maximum atomic E-state index is 13.0. The van der Waals surface area contributed by atoms with E-state index in [1.807, 2.05) is 57.2 Å². The standard InChI is InChI=1S/C24H32N2O2S/c1-4-19(2)25-24(28)20(3)26(16-15-21-11-7-5-8-12-21)23(27)18-29-17-22-13-9-6-10-14-22/h5-14,19-20H,4,15-18H2,1-3H3,(H,25,28)/t19-,20+/m0/s1. The first-order valence-electron chi connectivity index (χ1n) is 10.3. The first kappa shape index (κ1) is 23.0. The summed E-state index contributed by atoms with van der Waals surface area (Å²) in [6.45, 7) is 6.37.